The molecule has 14 heteroatoms. The number of rotatable bonds is 6. The molecule has 2 saturated heterocycles. The number of nitrogens with one attached hydrogen (secondary N) is 1. The highest BCUT2D eigenvalue weighted by Crippen LogP contribution is 2.33. The number of aryl methyl sites for hydroxylation is 1. The Bertz CT molecular complexity index is 1460. The van der Waals surface area contributed by atoms with Gasteiger partial charge in [0.2, 0.25) is 0 Å². The maximum Gasteiger partial charge on any atom is 0.260 e. The predicted molar refractivity (Wildman–Crippen MR) is 140 cm³/mol. The van der Waals surface area contributed by atoms with Crippen molar-refractivity contribution in [2.45, 2.75) is 44.3 Å². The minimum atomic E-state index is -2.46. The Balaban J connectivity index is 0.000000223. The highest BCUT2D eigenvalue weighted by molar-refractivity contribution is 6.34. The third-order valence-electron chi connectivity index (χ3n) is 6.87. The van der Waals surface area contributed by atoms with Gasteiger partial charge in [-0.3, -0.25) is 9.88 Å². The molecule has 2 fully saturated rings. The van der Waals surface area contributed by atoms with E-state index in [4.69, 9.17) is 21.1 Å². The number of likely N-dealkylation sites (tertiary alicyclic amines) is 1. The van der Waals surface area contributed by atoms with E-state index < -0.39 is 17.3 Å². The van der Waals surface area contributed by atoms with Crippen LogP contribution in [0.15, 0.2) is 36.8 Å². The molecule has 214 valence electrons. The molecule has 6 heterocycles. The number of aliphatic hydroxyl groups is 1. The number of nitrogens with zero attached hydrogens (tertiary/aromatic N) is 6. The molecule has 4 aromatic rings. The van der Waals surface area contributed by atoms with Crippen molar-refractivity contribution in [2.75, 3.05) is 32.9 Å². The summed E-state index contributed by atoms with van der Waals surface area (Å²) in [6, 6.07) is 4.66. The van der Waals surface area contributed by atoms with E-state index in [2.05, 4.69) is 25.5 Å². The molecule has 0 aliphatic carbocycles. The molecule has 6 rings (SSSR count). The first-order valence-corrected chi connectivity index (χ1v) is 13.1. The molecule has 10 nitrogen and oxygen atoms in total. The van der Waals surface area contributed by atoms with E-state index in [1.807, 2.05) is 11.8 Å². The Kier molecular flexibility index (Phi) is 8.00. The second-order valence-electron chi connectivity index (χ2n) is 10.2. The molecule has 2 aliphatic rings. The lowest BCUT2D eigenvalue weighted by molar-refractivity contribution is -0.126. The van der Waals surface area contributed by atoms with Gasteiger partial charge in [-0.15, -0.1) is 0 Å². The number of ether oxygens (including phenoxy) is 2. The topological polar surface area (TPSA) is 114 Å². The summed E-state index contributed by atoms with van der Waals surface area (Å²) in [5, 5.41) is 26.1. The van der Waals surface area contributed by atoms with Crippen molar-refractivity contribution in [1.29, 1.82) is 0 Å². The van der Waals surface area contributed by atoms with E-state index >= 15 is 0 Å². The average Bonchev–Trinajstić information content (AvgIpc) is 3.47. The third kappa shape index (κ3) is 6.22. The van der Waals surface area contributed by atoms with Gasteiger partial charge in [0, 0.05) is 18.2 Å². The van der Waals surface area contributed by atoms with Crippen molar-refractivity contribution >= 4 is 17.1 Å². The number of aromatic nitrogens is 6. The van der Waals surface area contributed by atoms with Gasteiger partial charge in [-0.1, -0.05) is 11.6 Å². The number of aromatic amines is 1. The molecule has 0 amide bonds. The Morgan fingerprint density at radius 2 is 2.08 bits per heavy atom. The predicted octanol–water partition coefficient (Wildman–Crippen LogP) is 4.02. The number of pyridine rings is 2. The maximum atomic E-state index is 13.1. The van der Waals surface area contributed by atoms with Gasteiger partial charge in [0.25, 0.3) is 5.92 Å². The van der Waals surface area contributed by atoms with Crippen molar-refractivity contribution < 1.29 is 27.8 Å². The molecule has 0 unspecified atom stereocenters. The molecule has 40 heavy (non-hydrogen) atoms. The van der Waals surface area contributed by atoms with Gasteiger partial charge in [-0.2, -0.15) is 20.5 Å². The lowest BCUT2D eigenvalue weighted by Crippen LogP contribution is -2.55. The van der Waals surface area contributed by atoms with E-state index in [0.717, 1.165) is 12.7 Å². The van der Waals surface area contributed by atoms with Crippen molar-refractivity contribution in [3.63, 3.8) is 0 Å². The summed E-state index contributed by atoms with van der Waals surface area (Å²) in [6.07, 6.45) is 4.98. The quantitative estimate of drug-likeness (QED) is 0.352. The first-order valence-electron chi connectivity index (χ1n) is 12.7. The number of piperidine rings is 1. The number of fused-ring (bicyclic) bond motifs is 1. The molecule has 0 saturated carbocycles. The van der Waals surface area contributed by atoms with E-state index in [9.17, 15) is 18.3 Å². The molecular weight excluding hydrogens is 551 g/mol. The summed E-state index contributed by atoms with van der Waals surface area (Å²) < 4.78 is 51.3. The second kappa shape index (κ2) is 11.3. The zero-order valence-electron chi connectivity index (χ0n) is 22.0. The Morgan fingerprint density at radius 3 is 2.70 bits per heavy atom. The molecular formula is C26H29ClF3N7O3. The molecule has 0 bridgehead atoms. The first-order chi connectivity index (χ1) is 19.0. The zero-order chi connectivity index (χ0) is 28.5. The highest BCUT2D eigenvalue weighted by Gasteiger charge is 2.39. The zero-order valence-corrected chi connectivity index (χ0v) is 22.7. The summed E-state index contributed by atoms with van der Waals surface area (Å²) in [5.74, 6) is -2.54. The van der Waals surface area contributed by atoms with Crippen molar-refractivity contribution in [3.8, 4) is 17.0 Å². The number of halogens is 4. The first kappa shape index (κ1) is 28.3. The average molecular weight is 580 g/mol. The Morgan fingerprint density at radius 1 is 1.27 bits per heavy atom. The van der Waals surface area contributed by atoms with E-state index in [1.165, 1.54) is 25.3 Å². The Hall–Kier alpha value is -3.26. The van der Waals surface area contributed by atoms with Crippen molar-refractivity contribution in [1.82, 2.24) is 34.9 Å². The Labute approximate surface area is 233 Å². The van der Waals surface area contributed by atoms with Crippen LogP contribution in [0.1, 0.15) is 31.2 Å². The van der Waals surface area contributed by atoms with Gasteiger partial charge in [0.05, 0.1) is 54.6 Å². The standard InChI is InChI=1S/C18H16ClFN6O2.C8H13F2NO/c1-10-16(24-25-23-10)11-5-14(17-13(19)7-22-26(17)8-11)28-9-18(2,27)15-4-3-12(20)6-21-15;9-8(10)2-1-3-11(6-8)7-4-12-5-7/h3-8,27H,9H2,1-2H3,(H,23,24,25);7H,1-6H2/t18-;/m0./s1. The summed E-state index contributed by atoms with van der Waals surface area (Å²) >= 11 is 6.26. The van der Waals surface area contributed by atoms with Crippen LogP contribution in [0.3, 0.4) is 0 Å². The summed E-state index contributed by atoms with van der Waals surface area (Å²) in [6.45, 7) is 5.24. The number of alkyl halides is 2. The van der Waals surface area contributed by atoms with Crippen LogP contribution in [0.25, 0.3) is 16.8 Å². The van der Waals surface area contributed by atoms with Crippen LogP contribution in [-0.2, 0) is 10.3 Å². The summed E-state index contributed by atoms with van der Waals surface area (Å²) in [7, 11) is 0. The molecule has 2 aliphatic heterocycles. The van der Waals surface area contributed by atoms with Crippen molar-refractivity contribution in [2.24, 2.45) is 0 Å². The van der Waals surface area contributed by atoms with Gasteiger partial charge < -0.3 is 14.6 Å². The van der Waals surface area contributed by atoms with Crippen molar-refractivity contribution in [3.05, 3.63) is 59.0 Å². The fourth-order valence-electron chi connectivity index (χ4n) is 4.57. The van der Waals surface area contributed by atoms with Gasteiger partial charge >= 0.3 is 0 Å². The van der Waals surface area contributed by atoms with Crippen LogP contribution in [0.4, 0.5) is 13.2 Å². The molecule has 0 spiro atoms. The summed E-state index contributed by atoms with van der Waals surface area (Å²) in [4.78, 5) is 5.79. The third-order valence-corrected chi connectivity index (χ3v) is 7.15. The normalized spacial score (nSPS) is 19.0. The van der Waals surface area contributed by atoms with E-state index in [1.54, 1.807) is 16.8 Å². The maximum absolute atomic E-state index is 13.1. The lowest BCUT2D eigenvalue weighted by Gasteiger charge is -2.41. The molecule has 2 N–H and O–H groups in total. The van der Waals surface area contributed by atoms with Gasteiger partial charge in [-0.25, -0.2) is 17.7 Å². The van der Waals surface area contributed by atoms with Gasteiger partial charge in [0.15, 0.2) is 0 Å². The fraction of sp³-hybridized carbons (Fsp3) is 0.462. The fourth-order valence-corrected chi connectivity index (χ4v) is 4.80. The highest BCUT2D eigenvalue weighted by atomic mass is 35.5. The molecule has 4 aromatic heterocycles. The number of H-pyrrole nitrogens is 1. The molecule has 0 aromatic carbocycles. The molecule has 1 atom stereocenters. The van der Waals surface area contributed by atoms with Crippen LogP contribution < -0.4 is 4.74 Å². The second-order valence-corrected chi connectivity index (χ2v) is 10.6. The van der Waals surface area contributed by atoms with Crippen LogP contribution in [0, 0.1) is 12.7 Å². The number of hydrogen-bond donors (Lipinski definition) is 2. The lowest BCUT2D eigenvalue weighted by atomic mass is 10.0. The van der Waals surface area contributed by atoms with E-state index in [0.29, 0.717) is 52.9 Å². The van der Waals surface area contributed by atoms with E-state index in [-0.39, 0.29) is 31.3 Å². The van der Waals surface area contributed by atoms with Gasteiger partial charge in [-0.05, 0) is 45.0 Å². The van der Waals surface area contributed by atoms with Crippen LogP contribution >= 0.6 is 11.6 Å². The van der Waals surface area contributed by atoms with Crippen LogP contribution in [0.5, 0.6) is 5.75 Å². The van der Waals surface area contributed by atoms with Gasteiger partial charge in [0.1, 0.15) is 35.0 Å². The van der Waals surface area contributed by atoms with Crippen LogP contribution in [-0.4, -0.2) is 84.9 Å². The largest absolute Gasteiger partial charge is 0.488 e. The minimum Gasteiger partial charge on any atom is -0.488 e. The smallest absolute Gasteiger partial charge is 0.260 e. The minimum absolute atomic E-state index is 0.0527. The summed E-state index contributed by atoms with van der Waals surface area (Å²) in [5.41, 5.74) is 1.46. The SMILES string of the molecule is Cc1n[nH]nc1-c1cc(OC[C@](C)(O)c2ccc(F)cn2)c2c(Cl)cnn2c1.FC1(F)CCCN(C2COC2)C1. The number of hydrogen-bond acceptors (Lipinski definition) is 8. The monoisotopic (exact) mass is 579 g/mol. The molecule has 0 radical (unpaired) electrons. The van der Waals surface area contributed by atoms with Crippen LogP contribution in [0.2, 0.25) is 5.02 Å².